The predicted molar refractivity (Wildman–Crippen MR) is 104 cm³/mol. The number of nitrogens with one attached hydrogen (secondary N) is 1. The number of rotatable bonds is 7. The van der Waals surface area contributed by atoms with Crippen LogP contribution >= 0.6 is 0 Å². The predicted octanol–water partition coefficient (Wildman–Crippen LogP) is 3.44. The van der Waals surface area contributed by atoms with Crippen LogP contribution in [0.25, 0.3) is 6.08 Å². The first-order chi connectivity index (χ1) is 13.2. The number of hydrogen-bond donors (Lipinski definition) is 2. The molecule has 1 amide bonds. The minimum atomic E-state index is -1.56. The lowest BCUT2D eigenvalue weighted by Gasteiger charge is -2.24. The Kier molecular flexibility index (Phi) is 7.00. The zero-order valence-corrected chi connectivity index (χ0v) is 16.3. The van der Waals surface area contributed by atoms with E-state index in [0.717, 1.165) is 0 Å². The van der Waals surface area contributed by atoms with E-state index < -0.39 is 29.6 Å². The van der Waals surface area contributed by atoms with E-state index in [0.29, 0.717) is 11.5 Å². The molecular weight excluding hydrogens is 362 g/mol. The number of ether oxygens (including phenoxy) is 2. The normalized spacial score (nSPS) is 13.8. The van der Waals surface area contributed by atoms with Crippen molar-refractivity contribution in [3.8, 4) is 5.75 Å². The summed E-state index contributed by atoms with van der Waals surface area (Å²) in [5.41, 5.74) is -0.517. The molecule has 0 radical (unpaired) electrons. The molecule has 150 valence electrons. The molecule has 0 fully saturated rings. The topological polar surface area (TPSA) is 98.0 Å². The molecule has 0 saturated heterocycles. The van der Waals surface area contributed by atoms with Crippen molar-refractivity contribution in [3.63, 3.8) is 0 Å². The van der Waals surface area contributed by atoms with E-state index in [-0.39, 0.29) is 5.56 Å². The monoisotopic (exact) mass is 387 g/mol. The Hall–Kier alpha value is -3.06. The Morgan fingerprint density at radius 1 is 1.18 bits per heavy atom. The van der Waals surface area contributed by atoms with E-state index in [2.05, 4.69) is 5.32 Å². The fourth-order valence-electron chi connectivity index (χ4n) is 2.43. The number of ketones is 1. The van der Waals surface area contributed by atoms with Crippen molar-refractivity contribution in [1.82, 2.24) is 5.32 Å². The van der Waals surface area contributed by atoms with Gasteiger partial charge in [-0.1, -0.05) is 18.2 Å². The Bertz CT molecular complexity index is 820. The van der Waals surface area contributed by atoms with E-state index in [9.17, 15) is 14.7 Å². The van der Waals surface area contributed by atoms with Crippen LogP contribution in [0.4, 0.5) is 4.79 Å². The first-order valence-corrected chi connectivity index (χ1v) is 8.78. The van der Waals surface area contributed by atoms with Gasteiger partial charge in [-0.2, -0.15) is 0 Å². The lowest BCUT2D eigenvalue weighted by atomic mass is 9.99. The van der Waals surface area contributed by atoms with Gasteiger partial charge in [0.1, 0.15) is 23.2 Å². The minimum absolute atomic E-state index is 0.208. The highest BCUT2D eigenvalue weighted by molar-refractivity contribution is 6.02. The number of para-hydroxylation sites is 1. The molecule has 0 saturated carbocycles. The number of aliphatic hydroxyl groups excluding tert-OH is 1. The second-order valence-electron chi connectivity index (χ2n) is 7.06. The molecule has 0 unspecified atom stereocenters. The van der Waals surface area contributed by atoms with Gasteiger partial charge in [0.25, 0.3) is 0 Å². The van der Waals surface area contributed by atoms with Gasteiger partial charge in [0.2, 0.25) is 0 Å². The number of amides is 1. The molecule has 28 heavy (non-hydrogen) atoms. The highest BCUT2D eigenvalue weighted by atomic mass is 16.6. The number of benzene rings is 1. The van der Waals surface area contributed by atoms with Gasteiger partial charge < -0.3 is 24.3 Å². The maximum atomic E-state index is 12.8. The Morgan fingerprint density at radius 3 is 2.50 bits per heavy atom. The van der Waals surface area contributed by atoms with Gasteiger partial charge in [0.15, 0.2) is 5.78 Å². The molecule has 0 aliphatic heterocycles. The molecule has 7 heteroatoms. The average molecular weight is 387 g/mol. The number of carbonyl (C=O) groups excluding carboxylic acids is 2. The molecule has 0 spiro atoms. The molecule has 2 N–H and O–H groups in total. The third kappa shape index (κ3) is 5.99. The highest BCUT2D eigenvalue weighted by Gasteiger charge is 2.30. The largest absolute Gasteiger partial charge is 0.496 e. The molecule has 7 nitrogen and oxygen atoms in total. The summed E-state index contributed by atoms with van der Waals surface area (Å²) in [6.07, 6.45) is 2.21. The third-order valence-corrected chi connectivity index (χ3v) is 3.68. The smallest absolute Gasteiger partial charge is 0.408 e. The lowest BCUT2D eigenvalue weighted by molar-refractivity contribution is 0.0443. The maximum Gasteiger partial charge on any atom is 0.408 e. The Labute approximate surface area is 164 Å². The first kappa shape index (κ1) is 21.2. The number of carbonyl (C=O) groups is 2. The van der Waals surface area contributed by atoms with Crippen LogP contribution in [0.2, 0.25) is 0 Å². The molecule has 0 aliphatic carbocycles. The number of methoxy groups -OCH3 is 1. The standard InChI is InChI=1S/C21H25NO6/c1-21(2,3)28-20(25)22-16(12-11-14-8-7-13-27-14)19(24)18(23)15-9-5-6-10-17(15)26-4/h5-13,16,19,24H,1-4H3,(H,22,25)/b12-11+/t16-,19+/m0/s1. The summed E-state index contributed by atoms with van der Waals surface area (Å²) in [6.45, 7) is 5.16. The van der Waals surface area contributed by atoms with E-state index in [1.807, 2.05) is 0 Å². The van der Waals surface area contributed by atoms with Crippen LogP contribution in [-0.4, -0.2) is 41.8 Å². The SMILES string of the molecule is COc1ccccc1C(=O)[C@H](O)[C@H](/C=C/c1ccco1)NC(=O)OC(C)(C)C. The molecule has 1 aromatic carbocycles. The third-order valence-electron chi connectivity index (χ3n) is 3.68. The minimum Gasteiger partial charge on any atom is -0.496 e. The van der Waals surface area contributed by atoms with Crippen LogP contribution < -0.4 is 10.1 Å². The molecule has 2 rings (SSSR count). The Balaban J connectivity index is 2.25. The van der Waals surface area contributed by atoms with Crippen LogP contribution in [-0.2, 0) is 4.74 Å². The quantitative estimate of drug-likeness (QED) is 0.706. The summed E-state index contributed by atoms with van der Waals surface area (Å²) in [4.78, 5) is 25.0. The van der Waals surface area contributed by atoms with Gasteiger partial charge in [0, 0.05) is 0 Å². The molecule has 0 bridgehead atoms. The summed E-state index contributed by atoms with van der Waals surface area (Å²) in [7, 11) is 1.44. The fraction of sp³-hybridized carbons (Fsp3) is 0.333. The zero-order valence-electron chi connectivity index (χ0n) is 16.3. The Morgan fingerprint density at radius 2 is 1.89 bits per heavy atom. The van der Waals surface area contributed by atoms with Crippen molar-refractivity contribution in [2.24, 2.45) is 0 Å². The van der Waals surface area contributed by atoms with E-state index >= 15 is 0 Å². The second-order valence-corrected chi connectivity index (χ2v) is 7.06. The van der Waals surface area contributed by atoms with Crippen molar-refractivity contribution in [3.05, 3.63) is 60.1 Å². The van der Waals surface area contributed by atoms with E-state index in [4.69, 9.17) is 13.9 Å². The summed E-state index contributed by atoms with van der Waals surface area (Å²) in [5.74, 6) is 0.244. The van der Waals surface area contributed by atoms with Crippen molar-refractivity contribution in [2.75, 3.05) is 7.11 Å². The second kappa shape index (κ2) is 9.23. The molecule has 0 aliphatic rings. The van der Waals surface area contributed by atoms with Gasteiger partial charge in [-0.3, -0.25) is 4.79 Å². The maximum absolute atomic E-state index is 12.8. The number of aliphatic hydroxyl groups is 1. The van der Waals surface area contributed by atoms with Crippen molar-refractivity contribution < 1.29 is 28.6 Å². The molecular formula is C21H25NO6. The van der Waals surface area contributed by atoms with Crippen LogP contribution in [0.3, 0.4) is 0 Å². The van der Waals surface area contributed by atoms with Gasteiger partial charge in [0.05, 0.1) is 25.0 Å². The van der Waals surface area contributed by atoms with Gasteiger partial charge in [-0.25, -0.2) is 4.79 Å². The van der Waals surface area contributed by atoms with E-state index in [1.54, 1.807) is 63.2 Å². The lowest BCUT2D eigenvalue weighted by Crippen LogP contribution is -2.47. The molecule has 1 aromatic heterocycles. The highest BCUT2D eigenvalue weighted by Crippen LogP contribution is 2.20. The van der Waals surface area contributed by atoms with Crippen LogP contribution in [0.15, 0.2) is 53.2 Å². The first-order valence-electron chi connectivity index (χ1n) is 8.78. The number of alkyl carbamates (subject to hydrolysis) is 1. The number of hydrogen-bond acceptors (Lipinski definition) is 6. The molecule has 2 atom stereocenters. The van der Waals surface area contributed by atoms with Crippen molar-refractivity contribution in [1.29, 1.82) is 0 Å². The molecule has 1 heterocycles. The van der Waals surface area contributed by atoms with Gasteiger partial charge in [-0.15, -0.1) is 0 Å². The summed E-state index contributed by atoms with van der Waals surface area (Å²) in [6, 6.07) is 8.91. The van der Waals surface area contributed by atoms with Gasteiger partial charge >= 0.3 is 6.09 Å². The van der Waals surface area contributed by atoms with Crippen molar-refractivity contribution in [2.45, 2.75) is 38.5 Å². The fourth-order valence-corrected chi connectivity index (χ4v) is 2.43. The summed E-state index contributed by atoms with van der Waals surface area (Å²) in [5, 5.41) is 13.2. The van der Waals surface area contributed by atoms with Crippen molar-refractivity contribution >= 4 is 18.0 Å². The summed E-state index contributed by atoms with van der Waals surface area (Å²) >= 11 is 0. The van der Waals surface area contributed by atoms with Crippen LogP contribution in [0, 0.1) is 0 Å². The zero-order chi connectivity index (χ0) is 20.7. The molecule has 2 aromatic rings. The van der Waals surface area contributed by atoms with Crippen LogP contribution in [0.5, 0.6) is 5.75 Å². The number of Topliss-reactive ketones (excluding diaryl/α,β-unsaturated/α-hetero) is 1. The van der Waals surface area contributed by atoms with Crippen LogP contribution in [0.1, 0.15) is 36.9 Å². The average Bonchev–Trinajstić information content (AvgIpc) is 3.16. The number of furan rings is 1. The van der Waals surface area contributed by atoms with E-state index in [1.165, 1.54) is 19.4 Å². The van der Waals surface area contributed by atoms with Gasteiger partial charge in [-0.05, 0) is 51.1 Å². The summed E-state index contributed by atoms with van der Waals surface area (Å²) < 4.78 is 15.6.